The monoisotopic (exact) mass is 414 g/mol. The van der Waals surface area contributed by atoms with E-state index in [-0.39, 0.29) is 35.8 Å². The molecule has 29 heavy (non-hydrogen) atoms. The van der Waals surface area contributed by atoms with Crippen LogP contribution in [0.15, 0.2) is 42.5 Å². The first kappa shape index (κ1) is 19.9. The van der Waals surface area contributed by atoms with E-state index in [4.69, 9.17) is 0 Å². The molecule has 0 spiro atoms. The van der Waals surface area contributed by atoms with Crippen molar-refractivity contribution < 1.29 is 18.0 Å². The first-order chi connectivity index (χ1) is 13.9. The van der Waals surface area contributed by atoms with Crippen molar-refractivity contribution in [2.75, 3.05) is 29.5 Å². The number of carbonyl (C=O) groups is 2. The van der Waals surface area contributed by atoms with Gasteiger partial charge >= 0.3 is 0 Å². The van der Waals surface area contributed by atoms with Gasteiger partial charge < -0.3 is 9.80 Å². The summed E-state index contributed by atoms with van der Waals surface area (Å²) in [6, 6.07) is 13.5. The van der Waals surface area contributed by atoms with Crippen molar-refractivity contribution in [2.45, 2.75) is 32.2 Å². The average molecular weight is 415 g/mol. The highest BCUT2D eigenvalue weighted by molar-refractivity contribution is 7.91. The van der Waals surface area contributed by atoms with E-state index in [1.807, 2.05) is 49.4 Å². The molecule has 0 aliphatic carbocycles. The lowest BCUT2D eigenvalue weighted by molar-refractivity contribution is -0.137. The molecule has 2 unspecified atom stereocenters. The van der Waals surface area contributed by atoms with Crippen molar-refractivity contribution >= 4 is 38.1 Å². The van der Waals surface area contributed by atoms with Gasteiger partial charge in [-0.2, -0.15) is 0 Å². The molecule has 7 heteroatoms. The predicted molar refractivity (Wildman–Crippen MR) is 113 cm³/mol. The van der Waals surface area contributed by atoms with Crippen molar-refractivity contribution in [3.63, 3.8) is 0 Å². The van der Waals surface area contributed by atoms with Gasteiger partial charge in [0.15, 0.2) is 9.84 Å². The fourth-order valence-electron chi connectivity index (χ4n) is 4.52. The Bertz CT molecular complexity index is 1040. The number of anilines is 1. The van der Waals surface area contributed by atoms with Gasteiger partial charge in [0, 0.05) is 30.9 Å². The molecular formula is C22H26N2O4S. The van der Waals surface area contributed by atoms with E-state index in [0.29, 0.717) is 19.5 Å². The summed E-state index contributed by atoms with van der Waals surface area (Å²) in [5.41, 5.74) is 0.828. The number of nitrogens with zero attached hydrogens (tertiary/aromatic N) is 2. The Morgan fingerprint density at radius 1 is 1.17 bits per heavy atom. The van der Waals surface area contributed by atoms with E-state index in [9.17, 15) is 18.0 Å². The average Bonchev–Trinajstić information content (AvgIpc) is 3.27. The number of sulfone groups is 1. The molecule has 0 saturated carbocycles. The van der Waals surface area contributed by atoms with Gasteiger partial charge in [0.1, 0.15) is 0 Å². The van der Waals surface area contributed by atoms with E-state index < -0.39 is 15.8 Å². The van der Waals surface area contributed by atoms with Crippen LogP contribution in [0.4, 0.5) is 5.69 Å². The second-order valence-corrected chi connectivity index (χ2v) is 10.2. The van der Waals surface area contributed by atoms with E-state index >= 15 is 0 Å². The molecule has 2 atom stereocenters. The number of fused-ring (bicyclic) bond motifs is 1. The Morgan fingerprint density at radius 3 is 2.66 bits per heavy atom. The van der Waals surface area contributed by atoms with Crippen molar-refractivity contribution in [3.8, 4) is 0 Å². The van der Waals surface area contributed by atoms with Gasteiger partial charge in [-0.1, -0.05) is 43.3 Å². The highest BCUT2D eigenvalue weighted by atomic mass is 32.2. The van der Waals surface area contributed by atoms with Crippen LogP contribution in [0.5, 0.6) is 0 Å². The summed E-state index contributed by atoms with van der Waals surface area (Å²) >= 11 is 0. The number of hydrogen-bond acceptors (Lipinski definition) is 4. The fourth-order valence-corrected chi connectivity index (χ4v) is 6.25. The van der Waals surface area contributed by atoms with Gasteiger partial charge in [0.2, 0.25) is 11.8 Å². The van der Waals surface area contributed by atoms with Crippen molar-refractivity contribution in [3.05, 3.63) is 42.5 Å². The third-order valence-electron chi connectivity index (χ3n) is 5.93. The lowest BCUT2D eigenvalue weighted by atomic mass is 10.0. The Hall–Kier alpha value is -2.41. The number of amides is 2. The van der Waals surface area contributed by atoms with Gasteiger partial charge in [-0.05, 0) is 24.3 Å². The molecule has 2 aliphatic rings. The largest absolute Gasteiger partial charge is 0.338 e. The third-order valence-corrected chi connectivity index (χ3v) is 7.68. The lowest BCUT2D eigenvalue weighted by Crippen LogP contribution is -2.45. The Labute approximate surface area is 171 Å². The quantitative estimate of drug-likeness (QED) is 0.754. The summed E-state index contributed by atoms with van der Waals surface area (Å²) in [7, 11) is -3.08. The van der Waals surface area contributed by atoms with Crippen LogP contribution in [-0.2, 0) is 19.4 Å². The summed E-state index contributed by atoms with van der Waals surface area (Å²) in [4.78, 5) is 29.5. The molecule has 2 saturated heterocycles. The van der Waals surface area contributed by atoms with E-state index in [1.165, 1.54) is 0 Å². The molecule has 2 aromatic carbocycles. The summed E-state index contributed by atoms with van der Waals surface area (Å²) in [6.45, 7) is 2.84. The third kappa shape index (κ3) is 3.88. The minimum absolute atomic E-state index is 0.0342. The molecule has 4 rings (SSSR count). The molecule has 2 heterocycles. The summed E-state index contributed by atoms with van der Waals surface area (Å²) in [5, 5.41) is 2.04. The number of hydrogen-bond donors (Lipinski definition) is 0. The van der Waals surface area contributed by atoms with Crippen LogP contribution >= 0.6 is 0 Å². The number of benzene rings is 2. The van der Waals surface area contributed by atoms with Crippen molar-refractivity contribution in [1.29, 1.82) is 0 Å². The molecular weight excluding hydrogens is 388 g/mol. The fraction of sp³-hybridized carbons (Fsp3) is 0.455. The highest BCUT2D eigenvalue weighted by Gasteiger charge is 2.41. The van der Waals surface area contributed by atoms with Gasteiger partial charge in [-0.25, -0.2) is 8.42 Å². The first-order valence-corrected chi connectivity index (χ1v) is 12.0. The van der Waals surface area contributed by atoms with Crippen LogP contribution < -0.4 is 4.90 Å². The summed E-state index contributed by atoms with van der Waals surface area (Å²) in [6.07, 6.45) is 1.42. The molecule has 2 aliphatic heterocycles. The lowest BCUT2D eigenvalue weighted by Gasteiger charge is -2.30. The molecule has 0 bridgehead atoms. The zero-order chi connectivity index (χ0) is 20.6. The molecule has 2 amide bonds. The van der Waals surface area contributed by atoms with E-state index in [2.05, 4.69) is 0 Å². The summed E-state index contributed by atoms with van der Waals surface area (Å²) < 4.78 is 23.8. The standard InChI is InChI=1S/C22H26N2O4S/c1-2-11-23(18-10-12-29(27,28)15-18)22(26)17-13-21(25)24(14-17)20-9-5-7-16-6-3-4-8-19(16)20/h3-9,17-18H,2,10-15H2,1H3. The second-order valence-electron chi connectivity index (χ2n) is 7.99. The Morgan fingerprint density at radius 2 is 1.93 bits per heavy atom. The topological polar surface area (TPSA) is 74.8 Å². The SMILES string of the molecule is CCCN(C(=O)C1CC(=O)N(c2cccc3ccccc23)C1)C1CCS(=O)(=O)C1. The van der Waals surface area contributed by atoms with Crippen LogP contribution in [-0.4, -0.2) is 55.8 Å². The molecule has 2 aromatic rings. The summed E-state index contributed by atoms with van der Waals surface area (Å²) in [5.74, 6) is -0.417. The van der Waals surface area contributed by atoms with Gasteiger partial charge in [-0.15, -0.1) is 0 Å². The van der Waals surface area contributed by atoms with E-state index in [0.717, 1.165) is 22.9 Å². The highest BCUT2D eigenvalue weighted by Crippen LogP contribution is 2.33. The first-order valence-electron chi connectivity index (χ1n) is 10.2. The minimum atomic E-state index is -3.08. The van der Waals surface area contributed by atoms with Gasteiger partial charge in [0.05, 0.1) is 23.1 Å². The van der Waals surface area contributed by atoms with Crippen molar-refractivity contribution in [1.82, 2.24) is 4.90 Å². The smallest absolute Gasteiger partial charge is 0.228 e. The zero-order valence-electron chi connectivity index (χ0n) is 16.6. The van der Waals surface area contributed by atoms with Crippen LogP contribution in [0.2, 0.25) is 0 Å². The minimum Gasteiger partial charge on any atom is -0.338 e. The molecule has 0 N–H and O–H groups in total. The molecule has 6 nitrogen and oxygen atoms in total. The maximum atomic E-state index is 13.3. The molecule has 0 aromatic heterocycles. The van der Waals surface area contributed by atoms with Crippen LogP contribution in [0.25, 0.3) is 10.8 Å². The van der Waals surface area contributed by atoms with Crippen LogP contribution in [0.1, 0.15) is 26.2 Å². The van der Waals surface area contributed by atoms with E-state index in [1.54, 1.807) is 9.80 Å². The number of rotatable bonds is 5. The maximum absolute atomic E-state index is 13.3. The molecule has 154 valence electrons. The Kier molecular flexibility index (Phi) is 5.34. The van der Waals surface area contributed by atoms with Gasteiger partial charge in [-0.3, -0.25) is 9.59 Å². The van der Waals surface area contributed by atoms with Crippen LogP contribution in [0.3, 0.4) is 0 Å². The second kappa shape index (κ2) is 7.78. The van der Waals surface area contributed by atoms with Gasteiger partial charge in [0.25, 0.3) is 0 Å². The molecule has 2 fully saturated rings. The van der Waals surface area contributed by atoms with Crippen LogP contribution in [0, 0.1) is 5.92 Å². The van der Waals surface area contributed by atoms with Crippen molar-refractivity contribution in [2.24, 2.45) is 5.92 Å². The predicted octanol–water partition coefficient (Wildman–Crippen LogP) is 2.62. The molecule has 0 radical (unpaired) electrons. The normalized spacial score (nSPS) is 23.6. The maximum Gasteiger partial charge on any atom is 0.228 e. The Balaban J connectivity index is 1.57. The number of carbonyl (C=O) groups excluding carboxylic acids is 2. The zero-order valence-corrected chi connectivity index (χ0v) is 17.4.